The van der Waals surface area contributed by atoms with Crippen LogP contribution in [0.25, 0.3) is 0 Å². The number of rotatable bonds is 2. The molecule has 158 valence electrons. The fourth-order valence-corrected chi connectivity index (χ4v) is 3.89. The Labute approximate surface area is 171 Å². The standard InChI is InChI=1S/C21H20F3N3O3/c22-21(23,24)19(28)27-13-16-12-25(20(29)30-14-15-6-2-1-3-7-15)10-11-26(16)17-8-4-5-9-18(17)27/h1-9,16H,10-14H2. The van der Waals surface area contributed by atoms with E-state index in [9.17, 15) is 22.8 Å². The van der Waals surface area contributed by atoms with Gasteiger partial charge in [0.25, 0.3) is 0 Å². The van der Waals surface area contributed by atoms with Crippen molar-refractivity contribution < 1.29 is 27.5 Å². The lowest BCUT2D eigenvalue weighted by atomic mass is 10.0. The number of benzene rings is 2. The summed E-state index contributed by atoms with van der Waals surface area (Å²) in [6, 6.07) is 15.3. The van der Waals surface area contributed by atoms with Gasteiger partial charge < -0.3 is 19.4 Å². The van der Waals surface area contributed by atoms with Crippen molar-refractivity contribution in [2.45, 2.75) is 18.8 Å². The molecule has 2 aliphatic heterocycles. The molecule has 9 heteroatoms. The number of hydrogen-bond donors (Lipinski definition) is 0. The van der Waals surface area contributed by atoms with E-state index in [0.29, 0.717) is 18.8 Å². The molecule has 0 aromatic heterocycles. The zero-order valence-corrected chi connectivity index (χ0v) is 16.0. The minimum Gasteiger partial charge on any atom is -0.445 e. The number of piperazine rings is 1. The number of alkyl halides is 3. The summed E-state index contributed by atoms with van der Waals surface area (Å²) in [4.78, 5) is 28.7. The molecule has 1 fully saturated rings. The number of halogens is 3. The van der Waals surface area contributed by atoms with Crippen LogP contribution in [0.4, 0.5) is 29.3 Å². The molecule has 1 atom stereocenters. The number of para-hydroxylation sites is 2. The first-order valence-corrected chi connectivity index (χ1v) is 9.54. The first kappa shape index (κ1) is 20.1. The van der Waals surface area contributed by atoms with Crippen molar-refractivity contribution >= 4 is 23.4 Å². The maximum absolute atomic E-state index is 13.1. The van der Waals surface area contributed by atoms with E-state index in [2.05, 4.69) is 0 Å². The highest BCUT2D eigenvalue weighted by Crippen LogP contribution is 2.38. The quantitative estimate of drug-likeness (QED) is 0.749. The van der Waals surface area contributed by atoms with Crippen LogP contribution >= 0.6 is 0 Å². The van der Waals surface area contributed by atoms with Gasteiger partial charge >= 0.3 is 18.2 Å². The maximum atomic E-state index is 13.1. The van der Waals surface area contributed by atoms with Crippen molar-refractivity contribution in [1.82, 2.24) is 4.90 Å². The Morgan fingerprint density at radius 2 is 1.60 bits per heavy atom. The van der Waals surface area contributed by atoms with Crippen molar-refractivity contribution in [3.63, 3.8) is 0 Å². The van der Waals surface area contributed by atoms with Gasteiger partial charge in [0.1, 0.15) is 6.61 Å². The highest BCUT2D eigenvalue weighted by molar-refractivity contribution is 6.01. The smallest absolute Gasteiger partial charge is 0.445 e. The Morgan fingerprint density at radius 3 is 2.30 bits per heavy atom. The Morgan fingerprint density at radius 1 is 0.933 bits per heavy atom. The fraction of sp³-hybridized carbons (Fsp3) is 0.333. The van der Waals surface area contributed by atoms with Gasteiger partial charge in [-0.05, 0) is 17.7 Å². The van der Waals surface area contributed by atoms with Gasteiger partial charge in [-0.1, -0.05) is 42.5 Å². The molecule has 0 N–H and O–H groups in total. The Hall–Kier alpha value is -3.23. The van der Waals surface area contributed by atoms with E-state index in [0.717, 1.165) is 10.5 Å². The third kappa shape index (κ3) is 3.92. The third-order valence-electron chi connectivity index (χ3n) is 5.31. The largest absolute Gasteiger partial charge is 0.471 e. The van der Waals surface area contributed by atoms with Crippen molar-refractivity contribution in [2.75, 3.05) is 36.0 Å². The molecule has 0 aliphatic carbocycles. The number of nitrogens with zero attached hydrogens (tertiary/aromatic N) is 3. The third-order valence-corrected chi connectivity index (χ3v) is 5.31. The van der Waals surface area contributed by atoms with Crippen LogP contribution in [0.1, 0.15) is 5.56 Å². The van der Waals surface area contributed by atoms with Gasteiger partial charge in [0.2, 0.25) is 0 Å². The zero-order valence-electron chi connectivity index (χ0n) is 16.0. The Kier molecular flexibility index (Phi) is 5.27. The van der Waals surface area contributed by atoms with Gasteiger partial charge in [0.15, 0.2) is 0 Å². The van der Waals surface area contributed by atoms with Crippen LogP contribution in [0.5, 0.6) is 0 Å². The molecule has 1 saturated heterocycles. The number of amides is 2. The summed E-state index contributed by atoms with van der Waals surface area (Å²) in [7, 11) is 0. The summed E-state index contributed by atoms with van der Waals surface area (Å²) in [5, 5.41) is 0. The molecule has 2 aliphatic rings. The molecule has 2 aromatic rings. The number of carbonyl (C=O) groups excluding carboxylic acids is 2. The summed E-state index contributed by atoms with van der Waals surface area (Å²) >= 11 is 0. The van der Waals surface area contributed by atoms with E-state index in [1.165, 1.54) is 11.0 Å². The molecule has 0 spiro atoms. The van der Waals surface area contributed by atoms with E-state index in [4.69, 9.17) is 4.74 Å². The van der Waals surface area contributed by atoms with Crippen LogP contribution in [-0.2, 0) is 16.1 Å². The molecular weight excluding hydrogens is 399 g/mol. The maximum Gasteiger partial charge on any atom is 0.471 e. The lowest BCUT2D eigenvalue weighted by molar-refractivity contribution is -0.170. The van der Waals surface area contributed by atoms with Crippen LogP contribution in [0.2, 0.25) is 0 Å². The van der Waals surface area contributed by atoms with E-state index >= 15 is 0 Å². The van der Waals surface area contributed by atoms with Crippen LogP contribution in [0.15, 0.2) is 54.6 Å². The number of anilines is 2. The number of hydrogen-bond acceptors (Lipinski definition) is 4. The molecule has 1 unspecified atom stereocenters. The second kappa shape index (κ2) is 7.89. The Bertz CT molecular complexity index is 936. The monoisotopic (exact) mass is 419 g/mol. The summed E-state index contributed by atoms with van der Waals surface area (Å²) in [6.07, 6.45) is -5.50. The van der Waals surface area contributed by atoms with Crippen molar-refractivity contribution in [3.8, 4) is 0 Å². The summed E-state index contributed by atoms with van der Waals surface area (Å²) in [5.74, 6) is -1.90. The van der Waals surface area contributed by atoms with Crippen LogP contribution in [0, 0.1) is 0 Å². The van der Waals surface area contributed by atoms with Gasteiger partial charge in [0, 0.05) is 26.2 Å². The summed E-state index contributed by atoms with van der Waals surface area (Å²) in [5.41, 5.74) is 1.64. The fourth-order valence-electron chi connectivity index (χ4n) is 3.89. The summed E-state index contributed by atoms with van der Waals surface area (Å²) in [6.45, 7) is 0.954. The molecule has 2 aromatic carbocycles. The van der Waals surface area contributed by atoms with E-state index in [1.54, 1.807) is 18.2 Å². The van der Waals surface area contributed by atoms with Gasteiger partial charge in [-0.25, -0.2) is 4.79 Å². The first-order chi connectivity index (χ1) is 14.3. The predicted octanol–water partition coefficient (Wildman–Crippen LogP) is 3.42. The molecule has 2 amide bonds. The number of carbonyl (C=O) groups is 2. The average Bonchev–Trinajstić information content (AvgIpc) is 2.76. The molecule has 6 nitrogen and oxygen atoms in total. The topological polar surface area (TPSA) is 53.1 Å². The van der Waals surface area contributed by atoms with Gasteiger partial charge in [-0.15, -0.1) is 0 Å². The normalized spacial score (nSPS) is 18.5. The predicted molar refractivity (Wildman–Crippen MR) is 104 cm³/mol. The number of ether oxygens (including phenoxy) is 1. The van der Waals surface area contributed by atoms with Crippen molar-refractivity contribution in [3.05, 3.63) is 60.2 Å². The highest BCUT2D eigenvalue weighted by atomic mass is 19.4. The Balaban J connectivity index is 1.49. The highest BCUT2D eigenvalue weighted by Gasteiger charge is 2.47. The van der Waals surface area contributed by atoms with Gasteiger partial charge in [-0.3, -0.25) is 4.79 Å². The second-order valence-corrected chi connectivity index (χ2v) is 7.24. The molecular formula is C21H20F3N3O3. The van der Waals surface area contributed by atoms with Crippen molar-refractivity contribution in [2.24, 2.45) is 0 Å². The SMILES string of the molecule is O=C(OCc1ccccc1)N1CCN2c3ccccc3N(C(=O)C(F)(F)F)CC2C1. The van der Waals surface area contributed by atoms with Gasteiger partial charge in [-0.2, -0.15) is 13.2 Å². The minimum atomic E-state index is -4.97. The van der Waals surface area contributed by atoms with Crippen LogP contribution in [0.3, 0.4) is 0 Å². The molecule has 30 heavy (non-hydrogen) atoms. The lowest BCUT2D eigenvalue weighted by Crippen LogP contribution is -2.62. The van der Waals surface area contributed by atoms with Gasteiger partial charge in [0.05, 0.1) is 17.4 Å². The molecule has 2 heterocycles. The number of fused-ring (bicyclic) bond motifs is 3. The van der Waals surface area contributed by atoms with E-state index in [-0.39, 0.29) is 25.4 Å². The van der Waals surface area contributed by atoms with Crippen molar-refractivity contribution in [1.29, 1.82) is 0 Å². The molecule has 0 saturated carbocycles. The van der Waals surface area contributed by atoms with Crippen LogP contribution in [-0.4, -0.2) is 55.3 Å². The van der Waals surface area contributed by atoms with Crippen LogP contribution < -0.4 is 9.80 Å². The van der Waals surface area contributed by atoms with E-state index < -0.39 is 24.2 Å². The van der Waals surface area contributed by atoms with E-state index in [1.807, 2.05) is 35.2 Å². The zero-order chi connectivity index (χ0) is 21.3. The summed E-state index contributed by atoms with van der Waals surface area (Å²) < 4.78 is 44.7. The average molecular weight is 419 g/mol. The molecule has 4 rings (SSSR count). The first-order valence-electron chi connectivity index (χ1n) is 9.54. The molecule has 0 radical (unpaired) electrons. The lowest BCUT2D eigenvalue weighted by Gasteiger charge is -2.48. The molecule has 0 bridgehead atoms. The second-order valence-electron chi connectivity index (χ2n) is 7.24. The minimum absolute atomic E-state index is 0.117.